The summed E-state index contributed by atoms with van der Waals surface area (Å²) in [6.07, 6.45) is 0.468. The average Bonchev–Trinajstić information content (AvgIpc) is 2.70. The molecule has 4 heteroatoms. The van der Waals surface area contributed by atoms with Crippen LogP contribution in [0.2, 0.25) is 0 Å². The second-order valence-corrected chi connectivity index (χ2v) is 6.69. The number of carbonyl (C=O) groups is 1. The van der Waals surface area contributed by atoms with Gasteiger partial charge in [0, 0.05) is 5.92 Å². The van der Waals surface area contributed by atoms with Gasteiger partial charge in [0.1, 0.15) is 0 Å². The molecule has 0 aliphatic rings. The fourth-order valence-electron chi connectivity index (χ4n) is 3.08. The number of amides is 1. The van der Waals surface area contributed by atoms with Crippen molar-refractivity contribution in [3.05, 3.63) is 95.6 Å². The molecule has 0 aliphatic carbocycles. The maximum absolute atomic E-state index is 12.8. The van der Waals surface area contributed by atoms with E-state index in [1.165, 1.54) is 12.1 Å². The number of nitrogens with one attached hydrogen (secondary N) is 1. The highest BCUT2D eigenvalue weighted by Gasteiger charge is 2.21. The number of phenols is 2. The highest BCUT2D eigenvalue weighted by atomic mass is 16.3. The third-order valence-electron chi connectivity index (χ3n) is 4.58. The first-order chi connectivity index (χ1) is 13.0. The van der Waals surface area contributed by atoms with Crippen LogP contribution in [0.25, 0.3) is 0 Å². The van der Waals surface area contributed by atoms with E-state index in [-0.39, 0.29) is 29.4 Å². The largest absolute Gasteiger partial charge is 0.504 e. The predicted molar refractivity (Wildman–Crippen MR) is 106 cm³/mol. The smallest absolute Gasteiger partial charge is 0.223 e. The highest BCUT2D eigenvalue weighted by Crippen LogP contribution is 2.27. The van der Waals surface area contributed by atoms with Gasteiger partial charge in [-0.3, -0.25) is 4.79 Å². The first kappa shape index (κ1) is 18.5. The van der Waals surface area contributed by atoms with Gasteiger partial charge in [-0.1, -0.05) is 73.7 Å². The Hall–Kier alpha value is -3.27. The summed E-state index contributed by atoms with van der Waals surface area (Å²) in [6, 6.07) is 24.2. The standard InChI is InChI=1S/C23H23NO3/c1-16(14-17-12-13-20(25)21(26)15-17)23(27)24-22(18-8-4-2-5-9-18)19-10-6-3-7-11-19/h2-13,15-16,22,25-26H,14H2,1H3,(H,24,27). The molecule has 0 saturated carbocycles. The van der Waals surface area contributed by atoms with Crippen LogP contribution in [0.3, 0.4) is 0 Å². The van der Waals surface area contributed by atoms with Gasteiger partial charge in [0.25, 0.3) is 0 Å². The predicted octanol–water partition coefficient (Wildman–Crippen LogP) is 4.18. The van der Waals surface area contributed by atoms with Crippen LogP contribution < -0.4 is 5.32 Å². The molecule has 0 fully saturated rings. The Labute approximate surface area is 159 Å². The normalized spacial score (nSPS) is 11.9. The van der Waals surface area contributed by atoms with Crippen molar-refractivity contribution < 1.29 is 15.0 Å². The van der Waals surface area contributed by atoms with E-state index in [1.807, 2.05) is 67.6 Å². The van der Waals surface area contributed by atoms with E-state index in [4.69, 9.17) is 0 Å². The zero-order chi connectivity index (χ0) is 19.2. The molecule has 4 nitrogen and oxygen atoms in total. The molecule has 3 aromatic rings. The Bertz CT molecular complexity index is 855. The van der Waals surface area contributed by atoms with Gasteiger partial charge in [0.2, 0.25) is 5.91 Å². The number of carbonyl (C=O) groups excluding carboxylic acids is 1. The van der Waals surface area contributed by atoms with Crippen molar-refractivity contribution >= 4 is 5.91 Å². The van der Waals surface area contributed by atoms with E-state index in [0.717, 1.165) is 16.7 Å². The molecule has 27 heavy (non-hydrogen) atoms. The summed E-state index contributed by atoms with van der Waals surface area (Å²) in [4.78, 5) is 12.8. The van der Waals surface area contributed by atoms with Crippen LogP contribution in [0.15, 0.2) is 78.9 Å². The van der Waals surface area contributed by atoms with Gasteiger partial charge in [-0.2, -0.15) is 0 Å². The Morgan fingerprint density at radius 1 is 0.852 bits per heavy atom. The lowest BCUT2D eigenvalue weighted by Gasteiger charge is -2.22. The summed E-state index contributed by atoms with van der Waals surface area (Å²) >= 11 is 0. The van der Waals surface area contributed by atoms with Gasteiger partial charge in [-0.05, 0) is 35.2 Å². The van der Waals surface area contributed by atoms with Crippen molar-refractivity contribution in [2.45, 2.75) is 19.4 Å². The molecule has 1 unspecified atom stereocenters. The van der Waals surface area contributed by atoms with Gasteiger partial charge in [0.15, 0.2) is 11.5 Å². The minimum Gasteiger partial charge on any atom is -0.504 e. The molecule has 0 bridgehead atoms. The topological polar surface area (TPSA) is 69.6 Å². The molecular formula is C23H23NO3. The molecule has 1 amide bonds. The molecule has 0 aromatic heterocycles. The first-order valence-electron chi connectivity index (χ1n) is 8.95. The molecule has 0 spiro atoms. The van der Waals surface area contributed by atoms with E-state index in [0.29, 0.717) is 6.42 Å². The lowest BCUT2D eigenvalue weighted by atomic mass is 9.96. The summed E-state index contributed by atoms with van der Waals surface area (Å²) in [5.41, 5.74) is 2.84. The number of phenolic OH excluding ortho intramolecular Hbond substituents is 2. The van der Waals surface area contributed by atoms with Crippen LogP contribution in [0, 0.1) is 5.92 Å². The molecule has 0 heterocycles. The monoisotopic (exact) mass is 361 g/mol. The fraction of sp³-hybridized carbons (Fsp3) is 0.174. The molecular weight excluding hydrogens is 338 g/mol. The van der Waals surface area contributed by atoms with Crippen LogP contribution in [0.1, 0.15) is 29.7 Å². The van der Waals surface area contributed by atoms with Gasteiger partial charge in [-0.15, -0.1) is 0 Å². The van der Waals surface area contributed by atoms with Crippen molar-refractivity contribution in [1.82, 2.24) is 5.32 Å². The fourth-order valence-corrected chi connectivity index (χ4v) is 3.08. The van der Waals surface area contributed by atoms with Crippen molar-refractivity contribution in [1.29, 1.82) is 0 Å². The zero-order valence-corrected chi connectivity index (χ0v) is 15.2. The van der Waals surface area contributed by atoms with Gasteiger partial charge < -0.3 is 15.5 Å². The van der Waals surface area contributed by atoms with E-state index in [9.17, 15) is 15.0 Å². The maximum Gasteiger partial charge on any atom is 0.223 e. The summed E-state index contributed by atoms with van der Waals surface area (Å²) in [7, 11) is 0. The maximum atomic E-state index is 12.8. The highest BCUT2D eigenvalue weighted by molar-refractivity contribution is 5.79. The summed E-state index contributed by atoms with van der Waals surface area (Å²) < 4.78 is 0. The minimum atomic E-state index is -0.288. The third-order valence-corrected chi connectivity index (χ3v) is 4.58. The van der Waals surface area contributed by atoms with Crippen molar-refractivity contribution in [2.24, 2.45) is 5.92 Å². The van der Waals surface area contributed by atoms with Crippen LogP contribution in [-0.2, 0) is 11.2 Å². The Kier molecular flexibility index (Phi) is 5.77. The quantitative estimate of drug-likeness (QED) is 0.577. The van der Waals surface area contributed by atoms with Gasteiger partial charge >= 0.3 is 0 Å². The molecule has 3 rings (SSSR count). The molecule has 3 aromatic carbocycles. The number of benzene rings is 3. The lowest BCUT2D eigenvalue weighted by molar-refractivity contribution is -0.125. The number of rotatable bonds is 6. The minimum absolute atomic E-state index is 0.0692. The van der Waals surface area contributed by atoms with Crippen molar-refractivity contribution in [2.75, 3.05) is 0 Å². The van der Waals surface area contributed by atoms with Crippen LogP contribution in [-0.4, -0.2) is 16.1 Å². The average molecular weight is 361 g/mol. The third kappa shape index (κ3) is 4.67. The van der Waals surface area contributed by atoms with Crippen LogP contribution >= 0.6 is 0 Å². The Balaban J connectivity index is 1.76. The SMILES string of the molecule is CC(Cc1ccc(O)c(O)c1)C(=O)NC(c1ccccc1)c1ccccc1. The molecule has 3 N–H and O–H groups in total. The first-order valence-corrected chi connectivity index (χ1v) is 8.95. The summed E-state index contributed by atoms with van der Waals surface area (Å²) in [5, 5.41) is 22.2. The van der Waals surface area contributed by atoms with Crippen molar-refractivity contribution in [3.63, 3.8) is 0 Å². The van der Waals surface area contributed by atoms with E-state index in [2.05, 4.69) is 5.32 Å². The van der Waals surface area contributed by atoms with Crippen molar-refractivity contribution in [3.8, 4) is 11.5 Å². The molecule has 138 valence electrons. The number of aromatic hydroxyl groups is 2. The zero-order valence-electron chi connectivity index (χ0n) is 15.2. The molecule has 1 atom stereocenters. The van der Waals surface area contributed by atoms with Gasteiger partial charge in [0.05, 0.1) is 6.04 Å². The Morgan fingerprint density at radius 2 is 1.41 bits per heavy atom. The van der Waals surface area contributed by atoms with Gasteiger partial charge in [-0.25, -0.2) is 0 Å². The lowest BCUT2D eigenvalue weighted by Crippen LogP contribution is -2.34. The van der Waals surface area contributed by atoms with E-state index >= 15 is 0 Å². The number of hydrogen-bond donors (Lipinski definition) is 3. The molecule has 0 aliphatic heterocycles. The Morgan fingerprint density at radius 3 is 1.93 bits per heavy atom. The number of hydrogen-bond acceptors (Lipinski definition) is 3. The van der Waals surface area contributed by atoms with E-state index in [1.54, 1.807) is 6.07 Å². The second-order valence-electron chi connectivity index (χ2n) is 6.69. The van der Waals surface area contributed by atoms with Crippen LogP contribution in [0.5, 0.6) is 11.5 Å². The summed E-state index contributed by atoms with van der Waals surface area (Å²) in [6.45, 7) is 1.85. The van der Waals surface area contributed by atoms with Crippen LogP contribution in [0.4, 0.5) is 0 Å². The van der Waals surface area contributed by atoms with E-state index < -0.39 is 0 Å². The second kappa shape index (κ2) is 8.41. The summed E-state index contributed by atoms with van der Waals surface area (Å²) in [5.74, 6) is -0.695. The molecule has 0 saturated heterocycles. The molecule has 0 radical (unpaired) electrons.